The van der Waals surface area contributed by atoms with Crippen molar-refractivity contribution in [2.24, 2.45) is 0 Å². The molecule has 2 N–H and O–H groups in total. The Balaban J connectivity index is 2.38. The van der Waals surface area contributed by atoms with Gasteiger partial charge in [0, 0.05) is 5.54 Å². The molecule has 0 saturated carbocycles. The quantitative estimate of drug-likeness (QED) is 0.846. The van der Waals surface area contributed by atoms with E-state index in [1.165, 1.54) is 5.56 Å². The molecule has 0 aromatic heterocycles. The minimum atomic E-state index is -0.567. The van der Waals surface area contributed by atoms with Gasteiger partial charge in [-0.15, -0.1) is 0 Å². The summed E-state index contributed by atoms with van der Waals surface area (Å²) < 4.78 is 5.62. The average molecular weight is 320 g/mol. The third-order valence-electron chi connectivity index (χ3n) is 3.19. The van der Waals surface area contributed by atoms with E-state index in [0.717, 1.165) is 11.3 Å². The number of hydrogen-bond donors (Lipinski definition) is 2. The fourth-order valence-corrected chi connectivity index (χ4v) is 2.07. The van der Waals surface area contributed by atoms with Gasteiger partial charge in [-0.3, -0.25) is 9.59 Å². The second-order valence-corrected chi connectivity index (χ2v) is 6.90. The predicted octanol–water partition coefficient (Wildman–Crippen LogP) is 2.49. The number of aryl methyl sites for hydroxylation is 2. The molecular formula is C18H28N2O3. The van der Waals surface area contributed by atoms with Crippen LogP contribution in [0.1, 0.15) is 45.2 Å². The highest BCUT2D eigenvalue weighted by Crippen LogP contribution is 2.18. The summed E-state index contributed by atoms with van der Waals surface area (Å²) in [7, 11) is 0. The molecule has 0 bridgehead atoms. The normalized spacial score (nSPS) is 12.4. The maximum absolute atomic E-state index is 11.9. The first kappa shape index (κ1) is 19.0. The molecule has 1 atom stereocenters. The number of carbonyl (C=O) groups is 2. The van der Waals surface area contributed by atoms with Gasteiger partial charge in [0.2, 0.25) is 11.8 Å². The molecule has 1 rings (SSSR count). The summed E-state index contributed by atoms with van der Waals surface area (Å²) in [6, 6.07) is 5.35. The van der Waals surface area contributed by atoms with E-state index in [-0.39, 0.29) is 30.4 Å². The molecule has 0 aliphatic carbocycles. The van der Waals surface area contributed by atoms with E-state index in [9.17, 15) is 9.59 Å². The summed E-state index contributed by atoms with van der Waals surface area (Å²) >= 11 is 0. The molecule has 128 valence electrons. The van der Waals surface area contributed by atoms with Gasteiger partial charge in [0.25, 0.3) is 0 Å². The van der Waals surface area contributed by atoms with Crippen LogP contribution in [0, 0.1) is 13.8 Å². The Hall–Kier alpha value is -2.04. The Morgan fingerprint density at radius 2 is 1.87 bits per heavy atom. The van der Waals surface area contributed by atoms with E-state index < -0.39 is 6.04 Å². The molecule has 0 fully saturated rings. The Kier molecular flexibility index (Phi) is 6.61. The first-order valence-electron chi connectivity index (χ1n) is 7.90. The number of benzene rings is 1. The van der Waals surface area contributed by atoms with Crippen molar-refractivity contribution in [2.75, 3.05) is 6.61 Å². The van der Waals surface area contributed by atoms with Crippen molar-refractivity contribution in [3.05, 3.63) is 29.3 Å². The van der Waals surface area contributed by atoms with Crippen molar-refractivity contribution in [1.29, 1.82) is 0 Å². The molecule has 0 radical (unpaired) electrons. The number of nitrogens with one attached hydrogen (secondary N) is 2. The van der Waals surface area contributed by atoms with Crippen LogP contribution in [0.3, 0.4) is 0 Å². The monoisotopic (exact) mass is 320 g/mol. The fourth-order valence-electron chi connectivity index (χ4n) is 2.07. The largest absolute Gasteiger partial charge is 0.493 e. The highest BCUT2D eigenvalue weighted by Gasteiger charge is 2.20. The first-order chi connectivity index (χ1) is 10.6. The van der Waals surface area contributed by atoms with Gasteiger partial charge in [0.05, 0.1) is 13.0 Å². The van der Waals surface area contributed by atoms with Crippen LogP contribution in [-0.2, 0) is 9.59 Å². The van der Waals surface area contributed by atoms with Crippen LogP contribution in [0.5, 0.6) is 5.75 Å². The third-order valence-corrected chi connectivity index (χ3v) is 3.19. The molecule has 0 unspecified atom stereocenters. The van der Waals surface area contributed by atoms with Crippen molar-refractivity contribution in [3.8, 4) is 5.75 Å². The van der Waals surface area contributed by atoms with Gasteiger partial charge in [-0.05, 0) is 53.2 Å². The van der Waals surface area contributed by atoms with E-state index in [2.05, 4.69) is 10.6 Å². The first-order valence-corrected chi connectivity index (χ1v) is 7.90. The summed E-state index contributed by atoms with van der Waals surface area (Å²) in [4.78, 5) is 23.8. The third kappa shape index (κ3) is 7.17. The SMILES string of the molecule is Cc1ccc(OCCC(=O)N[C@@H](C)C(=O)NC(C)(C)C)c(C)c1. The van der Waals surface area contributed by atoms with Gasteiger partial charge in [0.1, 0.15) is 11.8 Å². The lowest BCUT2D eigenvalue weighted by Gasteiger charge is -2.23. The molecule has 1 aromatic rings. The second-order valence-electron chi connectivity index (χ2n) is 6.90. The van der Waals surface area contributed by atoms with Crippen LogP contribution in [-0.4, -0.2) is 30.0 Å². The van der Waals surface area contributed by atoms with Crippen molar-refractivity contribution in [1.82, 2.24) is 10.6 Å². The molecule has 0 saturated heterocycles. The maximum Gasteiger partial charge on any atom is 0.242 e. The van der Waals surface area contributed by atoms with Gasteiger partial charge in [0.15, 0.2) is 0 Å². The van der Waals surface area contributed by atoms with Crippen LogP contribution in [0.2, 0.25) is 0 Å². The van der Waals surface area contributed by atoms with Crippen LogP contribution in [0.15, 0.2) is 18.2 Å². The number of rotatable bonds is 6. The number of amides is 2. The maximum atomic E-state index is 11.9. The highest BCUT2D eigenvalue weighted by molar-refractivity contribution is 5.87. The molecule has 23 heavy (non-hydrogen) atoms. The molecule has 5 heteroatoms. The smallest absolute Gasteiger partial charge is 0.242 e. The summed E-state index contributed by atoms with van der Waals surface area (Å²) in [5.41, 5.74) is 1.90. The Labute approximate surface area is 138 Å². The lowest BCUT2D eigenvalue weighted by molar-refractivity contribution is -0.129. The van der Waals surface area contributed by atoms with Gasteiger partial charge in [-0.1, -0.05) is 17.7 Å². The van der Waals surface area contributed by atoms with Crippen molar-refractivity contribution < 1.29 is 14.3 Å². The predicted molar refractivity (Wildman–Crippen MR) is 91.5 cm³/mol. The zero-order chi connectivity index (χ0) is 17.6. The average Bonchev–Trinajstić information content (AvgIpc) is 2.39. The van der Waals surface area contributed by atoms with Crippen molar-refractivity contribution in [3.63, 3.8) is 0 Å². The van der Waals surface area contributed by atoms with Crippen LogP contribution in [0.25, 0.3) is 0 Å². The zero-order valence-corrected chi connectivity index (χ0v) is 14.9. The Bertz CT molecular complexity index is 562. The molecular weight excluding hydrogens is 292 g/mol. The molecule has 1 aromatic carbocycles. The van der Waals surface area contributed by atoms with Gasteiger partial charge in [-0.2, -0.15) is 0 Å². The molecule has 2 amide bonds. The van der Waals surface area contributed by atoms with E-state index in [1.807, 2.05) is 52.8 Å². The Morgan fingerprint density at radius 3 is 2.43 bits per heavy atom. The molecule has 0 heterocycles. The van der Waals surface area contributed by atoms with E-state index >= 15 is 0 Å². The van der Waals surface area contributed by atoms with Crippen LogP contribution >= 0.6 is 0 Å². The van der Waals surface area contributed by atoms with Crippen molar-refractivity contribution >= 4 is 11.8 Å². The van der Waals surface area contributed by atoms with E-state index in [4.69, 9.17) is 4.74 Å². The minimum Gasteiger partial charge on any atom is -0.493 e. The topological polar surface area (TPSA) is 67.4 Å². The number of ether oxygens (including phenoxy) is 1. The lowest BCUT2D eigenvalue weighted by atomic mass is 10.1. The van der Waals surface area contributed by atoms with Gasteiger partial charge in [-0.25, -0.2) is 0 Å². The molecule has 0 aliphatic rings. The van der Waals surface area contributed by atoms with E-state index in [1.54, 1.807) is 6.92 Å². The van der Waals surface area contributed by atoms with E-state index in [0.29, 0.717) is 0 Å². The molecule has 0 spiro atoms. The zero-order valence-electron chi connectivity index (χ0n) is 14.9. The van der Waals surface area contributed by atoms with Crippen LogP contribution < -0.4 is 15.4 Å². The van der Waals surface area contributed by atoms with Gasteiger partial charge >= 0.3 is 0 Å². The minimum absolute atomic E-state index is 0.193. The summed E-state index contributed by atoms with van der Waals surface area (Å²) in [6.45, 7) is 11.6. The summed E-state index contributed by atoms with van der Waals surface area (Å²) in [6.07, 6.45) is 0.209. The second kappa shape index (κ2) is 7.99. The Morgan fingerprint density at radius 1 is 1.22 bits per heavy atom. The van der Waals surface area contributed by atoms with Crippen molar-refractivity contribution in [2.45, 2.75) is 59.5 Å². The molecule has 0 aliphatic heterocycles. The van der Waals surface area contributed by atoms with Crippen LogP contribution in [0.4, 0.5) is 0 Å². The standard InChI is InChI=1S/C18H28N2O3/c1-12-7-8-15(13(2)11-12)23-10-9-16(21)19-14(3)17(22)20-18(4,5)6/h7-8,11,14H,9-10H2,1-6H3,(H,19,21)(H,20,22)/t14-/m0/s1. The molecule has 5 nitrogen and oxygen atoms in total. The highest BCUT2D eigenvalue weighted by atomic mass is 16.5. The number of hydrogen-bond acceptors (Lipinski definition) is 3. The summed E-state index contributed by atoms with van der Waals surface area (Å²) in [5.74, 6) is 0.384. The summed E-state index contributed by atoms with van der Waals surface area (Å²) in [5, 5.41) is 5.52. The van der Waals surface area contributed by atoms with Gasteiger partial charge < -0.3 is 15.4 Å². The number of carbonyl (C=O) groups excluding carboxylic acids is 2. The fraction of sp³-hybridized carbons (Fsp3) is 0.556. The lowest BCUT2D eigenvalue weighted by Crippen LogP contribution is -2.50.